The fourth-order valence-electron chi connectivity index (χ4n) is 2.42. The van der Waals surface area contributed by atoms with Crippen LogP contribution in [-0.4, -0.2) is 6.54 Å². The second-order valence-corrected chi connectivity index (χ2v) is 5.97. The normalized spacial score (nSPS) is 12.4. The molecule has 2 aromatic rings. The summed E-state index contributed by atoms with van der Waals surface area (Å²) in [5.41, 5.74) is 3.13. The first-order valence-corrected chi connectivity index (χ1v) is 7.69. The Morgan fingerprint density at radius 2 is 1.90 bits per heavy atom. The van der Waals surface area contributed by atoms with E-state index >= 15 is 0 Å². The van der Waals surface area contributed by atoms with Crippen molar-refractivity contribution in [3.8, 4) is 0 Å². The summed E-state index contributed by atoms with van der Waals surface area (Å²) in [5, 5.41) is 4.29. The molecular weight excluding hydrogens is 308 g/mol. The van der Waals surface area contributed by atoms with Gasteiger partial charge in [-0.15, -0.1) is 0 Å². The SMILES string of the molecule is CCNC(Cc1ccc(Cl)c(F)c1)c1cc(C)cc(Cl)c1. The third-order valence-corrected chi connectivity index (χ3v) is 3.87. The summed E-state index contributed by atoms with van der Waals surface area (Å²) in [4.78, 5) is 0. The number of rotatable bonds is 5. The number of hydrogen-bond donors (Lipinski definition) is 1. The molecule has 112 valence electrons. The molecule has 2 rings (SSSR count). The zero-order valence-electron chi connectivity index (χ0n) is 12.1. The van der Waals surface area contributed by atoms with Crippen LogP contribution in [0.4, 0.5) is 4.39 Å². The molecule has 0 saturated carbocycles. The minimum atomic E-state index is -0.383. The average Bonchev–Trinajstić information content (AvgIpc) is 2.41. The molecule has 1 N–H and O–H groups in total. The van der Waals surface area contributed by atoms with E-state index in [2.05, 4.69) is 11.4 Å². The van der Waals surface area contributed by atoms with Crippen molar-refractivity contribution in [1.82, 2.24) is 5.32 Å². The van der Waals surface area contributed by atoms with E-state index in [9.17, 15) is 4.39 Å². The van der Waals surface area contributed by atoms with Gasteiger partial charge in [0.05, 0.1) is 5.02 Å². The summed E-state index contributed by atoms with van der Waals surface area (Å²) < 4.78 is 13.6. The second kappa shape index (κ2) is 7.26. The molecule has 0 aliphatic rings. The smallest absolute Gasteiger partial charge is 0.142 e. The van der Waals surface area contributed by atoms with Crippen molar-refractivity contribution in [2.75, 3.05) is 6.54 Å². The van der Waals surface area contributed by atoms with Gasteiger partial charge in [-0.05, 0) is 60.8 Å². The molecule has 0 bridgehead atoms. The Bertz CT molecular complexity index is 608. The molecule has 0 saturated heterocycles. The van der Waals surface area contributed by atoms with Gasteiger partial charge in [0.2, 0.25) is 0 Å². The second-order valence-electron chi connectivity index (χ2n) is 5.12. The van der Waals surface area contributed by atoms with Crippen LogP contribution in [0.3, 0.4) is 0 Å². The van der Waals surface area contributed by atoms with Crippen LogP contribution in [0.15, 0.2) is 36.4 Å². The van der Waals surface area contributed by atoms with Crippen LogP contribution in [0.25, 0.3) is 0 Å². The van der Waals surface area contributed by atoms with Crippen molar-refractivity contribution in [1.29, 1.82) is 0 Å². The molecule has 0 aromatic heterocycles. The van der Waals surface area contributed by atoms with Gasteiger partial charge in [0.25, 0.3) is 0 Å². The van der Waals surface area contributed by atoms with Gasteiger partial charge in [0.1, 0.15) is 5.82 Å². The maximum atomic E-state index is 13.6. The molecule has 1 nitrogen and oxygen atoms in total. The number of aryl methyl sites for hydroxylation is 1. The Morgan fingerprint density at radius 3 is 2.52 bits per heavy atom. The molecule has 4 heteroatoms. The fraction of sp³-hybridized carbons (Fsp3) is 0.294. The van der Waals surface area contributed by atoms with Crippen molar-refractivity contribution < 1.29 is 4.39 Å². The Kier molecular flexibility index (Phi) is 5.63. The summed E-state index contributed by atoms with van der Waals surface area (Å²) in [6.45, 7) is 4.89. The molecule has 2 aromatic carbocycles. The van der Waals surface area contributed by atoms with Gasteiger partial charge in [0, 0.05) is 11.1 Å². The van der Waals surface area contributed by atoms with E-state index in [4.69, 9.17) is 23.2 Å². The highest BCUT2D eigenvalue weighted by Gasteiger charge is 2.13. The largest absolute Gasteiger partial charge is 0.310 e. The average molecular weight is 326 g/mol. The van der Waals surface area contributed by atoms with E-state index in [0.717, 1.165) is 28.3 Å². The predicted octanol–water partition coefficient (Wildman–Crippen LogP) is 5.33. The van der Waals surface area contributed by atoms with Crippen LogP contribution >= 0.6 is 23.2 Å². The topological polar surface area (TPSA) is 12.0 Å². The van der Waals surface area contributed by atoms with E-state index in [0.29, 0.717) is 6.42 Å². The Morgan fingerprint density at radius 1 is 1.14 bits per heavy atom. The molecule has 0 heterocycles. The molecule has 0 amide bonds. The molecule has 0 aliphatic carbocycles. The lowest BCUT2D eigenvalue weighted by atomic mass is 9.97. The quantitative estimate of drug-likeness (QED) is 0.782. The van der Waals surface area contributed by atoms with Gasteiger partial charge in [0.15, 0.2) is 0 Å². The van der Waals surface area contributed by atoms with Crippen LogP contribution in [-0.2, 0) is 6.42 Å². The van der Waals surface area contributed by atoms with E-state index in [1.54, 1.807) is 6.07 Å². The Balaban J connectivity index is 2.27. The third-order valence-electron chi connectivity index (χ3n) is 3.34. The molecule has 0 aliphatic heterocycles. The first-order valence-electron chi connectivity index (χ1n) is 6.94. The fourth-order valence-corrected chi connectivity index (χ4v) is 2.84. The summed E-state index contributed by atoms with van der Waals surface area (Å²) in [6, 6.07) is 11.0. The van der Waals surface area contributed by atoms with E-state index in [1.807, 2.05) is 32.0 Å². The zero-order valence-corrected chi connectivity index (χ0v) is 13.6. The van der Waals surface area contributed by atoms with Crippen molar-refractivity contribution in [3.63, 3.8) is 0 Å². The molecule has 21 heavy (non-hydrogen) atoms. The lowest BCUT2D eigenvalue weighted by molar-refractivity contribution is 0.546. The standard InChI is InChI=1S/C17H18Cl2FN/c1-3-21-17(13-6-11(2)7-14(18)10-13)9-12-4-5-15(19)16(20)8-12/h4-8,10,17,21H,3,9H2,1-2H3. The van der Waals surface area contributed by atoms with E-state index in [-0.39, 0.29) is 16.9 Å². The highest BCUT2D eigenvalue weighted by Crippen LogP contribution is 2.25. The number of benzene rings is 2. The molecular formula is C17H18Cl2FN. The molecule has 0 spiro atoms. The minimum absolute atomic E-state index is 0.0907. The summed E-state index contributed by atoms with van der Waals surface area (Å²) in [5.74, 6) is -0.383. The number of nitrogens with one attached hydrogen (secondary N) is 1. The van der Waals surface area contributed by atoms with Crippen molar-refractivity contribution >= 4 is 23.2 Å². The minimum Gasteiger partial charge on any atom is -0.310 e. The lowest BCUT2D eigenvalue weighted by Crippen LogP contribution is -2.23. The lowest BCUT2D eigenvalue weighted by Gasteiger charge is -2.19. The Hall–Kier alpha value is -1.09. The van der Waals surface area contributed by atoms with Crippen LogP contribution < -0.4 is 5.32 Å². The maximum Gasteiger partial charge on any atom is 0.142 e. The molecule has 0 radical (unpaired) electrons. The van der Waals surface area contributed by atoms with Crippen molar-refractivity contribution in [2.45, 2.75) is 26.3 Å². The first-order chi connectivity index (χ1) is 9.99. The van der Waals surface area contributed by atoms with Crippen LogP contribution in [0.5, 0.6) is 0 Å². The Labute approximate surface area is 135 Å². The first kappa shape index (κ1) is 16.3. The number of likely N-dealkylation sites (N-methyl/N-ethyl adjacent to an activating group) is 1. The van der Waals surface area contributed by atoms with E-state index < -0.39 is 0 Å². The van der Waals surface area contributed by atoms with Gasteiger partial charge in [-0.1, -0.05) is 42.3 Å². The van der Waals surface area contributed by atoms with Gasteiger partial charge >= 0.3 is 0 Å². The van der Waals surface area contributed by atoms with Gasteiger partial charge in [-0.3, -0.25) is 0 Å². The summed E-state index contributed by atoms with van der Waals surface area (Å²) >= 11 is 11.9. The van der Waals surface area contributed by atoms with E-state index in [1.165, 1.54) is 6.07 Å². The van der Waals surface area contributed by atoms with Crippen LogP contribution in [0.2, 0.25) is 10.0 Å². The zero-order chi connectivity index (χ0) is 15.4. The number of hydrogen-bond acceptors (Lipinski definition) is 1. The highest BCUT2D eigenvalue weighted by atomic mass is 35.5. The monoisotopic (exact) mass is 325 g/mol. The van der Waals surface area contributed by atoms with Gasteiger partial charge < -0.3 is 5.32 Å². The van der Waals surface area contributed by atoms with Crippen LogP contribution in [0.1, 0.15) is 29.7 Å². The van der Waals surface area contributed by atoms with Crippen LogP contribution in [0, 0.1) is 12.7 Å². The molecule has 0 fully saturated rings. The summed E-state index contributed by atoms with van der Waals surface area (Å²) in [7, 11) is 0. The van der Waals surface area contributed by atoms with Gasteiger partial charge in [-0.2, -0.15) is 0 Å². The molecule has 1 atom stereocenters. The maximum absolute atomic E-state index is 13.6. The third kappa shape index (κ3) is 4.44. The van der Waals surface area contributed by atoms with Crippen molar-refractivity contribution in [2.24, 2.45) is 0 Å². The predicted molar refractivity (Wildman–Crippen MR) is 87.7 cm³/mol. The summed E-state index contributed by atoms with van der Waals surface area (Å²) in [6.07, 6.45) is 0.682. The molecule has 1 unspecified atom stereocenters. The van der Waals surface area contributed by atoms with Crippen molar-refractivity contribution in [3.05, 3.63) is 69.0 Å². The van der Waals surface area contributed by atoms with Gasteiger partial charge in [-0.25, -0.2) is 4.39 Å². The highest BCUT2D eigenvalue weighted by molar-refractivity contribution is 6.31. The number of halogens is 3.